The molecule has 0 fully saturated rings. The van der Waals surface area contributed by atoms with E-state index in [9.17, 15) is 12.8 Å². The van der Waals surface area contributed by atoms with Gasteiger partial charge in [0.25, 0.3) is 0 Å². The average molecular weight is 294 g/mol. The topological polar surface area (TPSA) is 43.4 Å². The predicted octanol–water partition coefficient (Wildman–Crippen LogP) is 3.55. The van der Waals surface area contributed by atoms with Crippen molar-refractivity contribution >= 4 is 10.1 Å². The predicted molar refractivity (Wildman–Crippen MR) is 74.7 cm³/mol. The van der Waals surface area contributed by atoms with Gasteiger partial charge in [-0.15, -0.1) is 0 Å². The highest BCUT2D eigenvalue weighted by atomic mass is 32.2. The van der Waals surface area contributed by atoms with Crippen molar-refractivity contribution in [2.45, 2.75) is 24.7 Å². The van der Waals surface area contributed by atoms with Crippen molar-refractivity contribution in [3.05, 3.63) is 59.9 Å². The van der Waals surface area contributed by atoms with E-state index in [4.69, 9.17) is 4.18 Å². The molecule has 0 heterocycles. The first-order valence-corrected chi connectivity index (χ1v) is 7.71. The lowest BCUT2D eigenvalue weighted by molar-refractivity contribution is 0.461. The summed E-state index contributed by atoms with van der Waals surface area (Å²) < 4.78 is 42.3. The van der Waals surface area contributed by atoms with Crippen LogP contribution in [-0.4, -0.2) is 8.42 Å². The molecule has 5 heteroatoms. The van der Waals surface area contributed by atoms with E-state index < -0.39 is 15.9 Å². The summed E-state index contributed by atoms with van der Waals surface area (Å²) in [5.41, 5.74) is 1.05. The van der Waals surface area contributed by atoms with Gasteiger partial charge in [0.05, 0.1) is 0 Å². The number of aryl methyl sites for hydroxylation is 1. The Morgan fingerprint density at radius 3 is 2.30 bits per heavy atom. The molecule has 0 unspecified atom stereocenters. The zero-order chi connectivity index (χ0) is 14.6. The van der Waals surface area contributed by atoms with E-state index in [1.807, 2.05) is 6.92 Å². The van der Waals surface area contributed by atoms with Crippen molar-refractivity contribution in [3.8, 4) is 5.75 Å². The maximum absolute atomic E-state index is 13.4. The molecular weight excluding hydrogens is 279 g/mol. The molecular formula is C15H15FO3S. The molecule has 0 radical (unpaired) electrons. The van der Waals surface area contributed by atoms with Crippen molar-refractivity contribution in [1.29, 1.82) is 0 Å². The second-order valence-electron chi connectivity index (χ2n) is 4.36. The molecule has 2 aromatic carbocycles. The van der Waals surface area contributed by atoms with Gasteiger partial charge in [-0.1, -0.05) is 37.6 Å². The Morgan fingerprint density at radius 1 is 1.05 bits per heavy atom. The van der Waals surface area contributed by atoms with E-state index in [2.05, 4.69) is 0 Å². The number of halogens is 1. The van der Waals surface area contributed by atoms with E-state index >= 15 is 0 Å². The Balaban J connectivity index is 2.24. The van der Waals surface area contributed by atoms with Crippen LogP contribution in [0.2, 0.25) is 0 Å². The van der Waals surface area contributed by atoms with Crippen LogP contribution in [0.5, 0.6) is 5.75 Å². The second-order valence-corrected chi connectivity index (χ2v) is 5.91. The minimum atomic E-state index is -4.01. The standard InChI is InChI=1S/C15H15FO3S/c1-2-5-12-8-10-13(11-9-12)20(17,18)19-15-7-4-3-6-14(15)16/h3-4,6-11H,2,5H2,1H3. The highest BCUT2D eigenvalue weighted by Gasteiger charge is 2.18. The summed E-state index contributed by atoms with van der Waals surface area (Å²) in [6.07, 6.45) is 1.87. The highest BCUT2D eigenvalue weighted by Crippen LogP contribution is 2.21. The first kappa shape index (κ1) is 14.5. The Bertz CT molecular complexity index is 679. The summed E-state index contributed by atoms with van der Waals surface area (Å²) in [5, 5.41) is 0. The second kappa shape index (κ2) is 6.05. The van der Waals surface area contributed by atoms with Crippen LogP contribution in [0.3, 0.4) is 0 Å². The van der Waals surface area contributed by atoms with Gasteiger partial charge in [-0.05, 0) is 36.2 Å². The van der Waals surface area contributed by atoms with Gasteiger partial charge in [0.1, 0.15) is 4.90 Å². The molecule has 0 saturated heterocycles. The first-order chi connectivity index (χ1) is 9.53. The molecule has 0 N–H and O–H groups in total. The van der Waals surface area contributed by atoms with Crippen molar-refractivity contribution in [2.24, 2.45) is 0 Å². The molecule has 2 aromatic rings. The lowest BCUT2D eigenvalue weighted by atomic mass is 10.1. The van der Waals surface area contributed by atoms with E-state index in [0.29, 0.717) is 0 Å². The number of hydrogen-bond acceptors (Lipinski definition) is 3. The largest absolute Gasteiger partial charge is 0.376 e. The van der Waals surface area contributed by atoms with Crippen molar-refractivity contribution < 1.29 is 17.0 Å². The van der Waals surface area contributed by atoms with Crippen molar-refractivity contribution in [2.75, 3.05) is 0 Å². The van der Waals surface area contributed by atoms with E-state index in [0.717, 1.165) is 24.5 Å². The smallest absolute Gasteiger partial charge is 0.339 e. The Hall–Kier alpha value is -1.88. The van der Waals surface area contributed by atoms with E-state index in [1.165, 1.54) is 30.3 Å². The maximum atomic E-state index is 13.4. The van der Waals surface area contributed by atoms with Crippen molar-refractivity contribution in [1.82, 2.24) is 0 Å². The van der Waals surface area contributed by atoms with Gasteiger partial charge in [0.15, 0.2) is 11.6 Å². The molecule has 20 heavy (non-hydrogen) atoms. The molecule has 0 atom stereocenters. The molecule has 3 nitrogen and oxygen atoms in total. The van der Waals surface area contributed by atoms with E-state index in [1.54, 1.807) is 12.1 Å². The summed E-state index contributed by atoms with van der Waals surface area (Å²) in [5.74, 6) is -1.01. The third-order valence-corrected chi connectivity index (χ3v) is 4.04. The van der Waals surface area contributed by atoms with Crippen molar-refractivity contribution in [3.63, 3.8) is 0 Å². The number of benzene rings is 2. The molecule has 0 bridgehead atoms. The van der Waals surface area contributed by atoms with Gasteiger partial charge in [0.2, 0.25) is 0 Å². The van der Waals surface area contributed by atoms with Crippen LogP contribution >= 0.6 is 0 Å². The zero-order valence-electron chi connectivity index (χ0n) is 11.0. The van der Waals surface area contributed by atoms with Gasteiger partial charge >= 0.3 is 10.1 Å². The SMILES string of the molecule is CCCc1ccc(S(=O)(=O)Oc2ccccc2F)cc1. The van der Waals surface area contributed by atoms with Crippen LogP contribution in [0.25, 0.3) is 0 Å². The van der Waals surface area contributed by atoms with Crippen LogP contribution in [-0.2, 0) is 16.5 Å². The summed E-state index contributed by atoms with van der Waals surface area (Å²) in [4.78, 5) is 0.0145. The fourth-order valence-corrected chi connectivity index (χ4v) is 2.73. The maximum Gasteiger partial charge on any atom is 0.339 e. The fourth-order valence-electron chi connectivity index (χ4n) is 1.79. The molecule has 0 aromatic heterocycles. The van der Waals surface area contributed by atoms with Gasteiger partial charge in [-0.25, -0.2) is 4.39 Å². The molecule has 106 valence electrons. The molecule has 0 amide bonds. The average Bonchev–Trinajstić information content (AvgIpc) is 2.42. The van der Waals surface area contributed by atoms with Gasteiger partial charge < -0.3 is 4.18 Å². The third kappa shape index (κ3) is 3.36. The van der Waals surface area contributed by atoms with Crippen LogP contribution in [0.4, 0.5) is 4.39 Å². The monoisotopic (exact) mass is 294 g/mol. The van der Waals surface area contributed by atoms with Crippen LogP contribution in [0, 0.1) is 5.82 Å². The Labute approximate surface area is 118 Å². The Morgan fingerprint density at radius 2 is 1.70 bits per heavy atom. The third-order valence-electron chi connectivity index (χ3n) is 2.79. The lowest BCUT2D eigenvalue weighted by Crippen LogP contribution is -2.10. The number of hydrogen-bond donors (Lipinski definition) is 0. The van der Waals surface area contributed by atoms with Crippen LogP contribution in [0.15, 0.2) is 53.4 Å². The zero-order valence-corrected chi connectivity index (χ0v) is 11.9. The molecule has 2 rings (SSSR count). The summed E-state index contributed by atoms with van der Waals surface area (Å²) in [7, 11) is -4.01. The highest BCUT2D eigenvalue weighted by molar-refractivity contribution is 7.87. The minimum Gasteiger partial charge on any atom is -0.376 e. The van der Waals surface area contributed by atoms with Gasteiger partial charge in [0, 0.05) is 0 Å². The number of para-hydroxylation sites is 1. The molecule has 0 aliphatic rings. The Kier molecular flexibility index (Phi) is 4.39. The normalized spacial score (nSPS) is 11.3. The molecule has 0 aliphatic heterocycles. The van der Waals surface area contributed by atoms with E-state index in [-0.39, 0.29) is 10.6 Å². The number of rotatable bonds is 5. The quantitative estimate of drug-likeness (QED) is 0.792. The fraction of sp³-hybridized carbons (Fsp3) is 0.200. The van der Waals surface area contributed by atoms with Gasteiger partial charge in [-0.2, -0.15) is 8.42 Å². The first-order valence-electron chi connectivity index (χ1n) is 6.31. The summed E-state index contributed by atoms with van der Waals surface area (Å²) >= 11 is 0. The minimum absolute atomic E-state index is 0.0145. The lowest BCUT2D eigenvalue weighted by Gasteiger charge is -2.08. The molecule has 0 saturated carbocycles. The molecule has 0 spiro atoms. The van der Waals surface area contributed by atoms with Gasteiger partial charge in [-0.3, -0.25) is 0 Å². The van der Waals surface area contributed by atoms with Crippen LogP contribution < -0.4 is 4.18 Å². The molecule has 0 aliphatic carbocycles. The summed E-state index contributed by atoms with van der Waals surface area (Å²) in [6.45, 7) is 2.05. The summed E-state index contributed by atoms with van der Waals surface area (Å²) in [6, 6.07) is 11.8. The van der Waals surface area contributed by atoms with Crippen LogP contribution in [0.1, 0.15) is 18.9 Å².